The molecule has 2 aliphatic heterocycles. The van der Waals surface area contributed by atoms with Crippen LogP contribution in [0.4, 0.5) is 0 Å². The highest BCUT2D eigenvalue weighted by Gasteiger charge is 2.24. The van der Waals surface area contributed by atoms with Crippen LogP contribution in [-0.2, 0) is 0 Å². The van der Waals surface area contributed by atoms with Crippen LogP contribution in [0, 0.1) is 0 Å². The summed E-state index contributed by atoms with van der Waals surface area (Å²) in [5, 5.41) is 0. The number of ether oxygens (including phenoxy) is 1. The van der Waals surface area contributed by atoms with E-state index in [1.165, 1.54) is 12.0 Å². The standard InChI is InChI=1S/C21H23NO2S/c23-19(17-6-7-21-20(14-17)24-12-13-25-21)9-11-22-10-8-18(15-22)16-4-2-1-3-5-16/h1-7,14,18H,8-13,15H2. The van der Waals surface area contributed by atoms with E-state index in [0.29, 0.717) is 12.3 Å². The fraction of sp³-hybridized carbons (Fsp3) is 0.381. The molecule has 3 nitrogen and oxygen atoms in total. The molecule has 4 rings (SSSR count). The predicted molar refractivity (Wildman–Crippen MR) is 102 cm³/mol. The van der Waals surface area contributed by atoms with E-state index in [0.717, 1.165) is 48.2 Å². The lowest BCUT2D eigenvalue weighted by atomic mass is 9.99. The molecule has 2 aromatic carbocycles. The van der Waals surface area contributed by atoms with Gasteiger partial charge in [0.15, 0.2) is 5.78 Å². The second-order valence-corrected chi connectivity index (χ2v) is 7.87. The molecule has 0 bridgehead atoms. The van der Waals surface area contributed by atoms with Gasteiger partial charge in [0, 0.05) is 35.7 Å². The van der Waals surface area contributed by atoms with Crippen LogP contribution in [0.1, 0.15) is 34.7 Å². The molecular weight excluding hydrogens is 330 g/mol. The maximum absolute atomic E-state index is 12.5. The van der Waals surface area contributed by atoms with E-state index in [-0.39, 0.29) is 5.78 Å². The van der Waals surface area contributed by atoms with Gasteiger partial charge in [0.2, 0.25) is 0 Å². The van der Waals surface area contributed by atoms with Gasteiger partial charge in [-0.15, -0.1) is 11.8 Å². The molecule has 1 atom stereocenters. The third-order valence-electron chi connectivity index (χ3n) is 5.06. The van der Waals surface area contributed by atoms with Crippen LogP contribution in [0.25, 0.3) is 0 Å². The van der Waals surface area contributed by atoms with Gasteiger partial charge in [-0.3, -0.25) is 4.79 Å². The first kappa shape index (κ1) is 16.7. The largest absolute Gasteiger partial charge is 0.492 e. The van der Waals surface area contributed by atoms with Crippen molar-refractivity contribution in [2.75, 3.05) is 32.0 Å². The lowest BCUT2D eigenvalue weighted by Gasteiger charge is -2.18. The molecular formula is C21H23NO2S. The van der Waals surface area contributed by atoms with Crippen molar-refractivity contribution in [2.24, 2.45) is 0 Å². The van der Waals surface area contributed by atoms with Gasteiger partial charge in [0.25, 0.3) is 0 Å². The molecule has 1 fully saturated rings. The van der Waals surface area contributed by atoms with Gasteiger partial charge in [-0.2, -0.15) is 0 Å². The fourth-order valence-corrected chi connectivity index (χ4v) is 4.46. The number of nitrogens with zero attached hydrogens (tertiary/aromatic N) is 1. The van der Waals surface area contributed by atoms with Crippen molar-refractivity contribution in [3.8, 4) is 5.75 Å². The van der Waals surface area contributed by atoms with Crippen LogP contribution in [0.2, 0.25) is 0 Å². The van der Waals surface area contributed by atoms with Crippen molar-refractivity contribution in [2.45, 2.75) is 23.7 Å². The summed E-state index contributed by atoms with van der Waals surface area (Å²) < 4.78 is 5.67. The topological polar surface area (TPSA) is 29.5 Å². The van der Waals surface area contributed by atoms with Gasteiger partial charge in [-0.25, -0.2) is 0 Å². The van der Waals surface area contributed by atoms with E-state index in [2.05, 4.69) is 35.2 Å². The fourth-order valence-electron chi connectivity index (χ4n) is 3.65. The zero-order chi connectivity index (χ0) is 17.1. The van der Waals surface area contributed by atoms with Crippen LogP contribution in [0.5, 0.6) is 5.75 Å². The molecule has 2 heterocycles. The Kier molecular flexibility index (Phi) is 5.09. The van der Waals surface area contributed by atoms with Crippen LogP contribution in [-0.4, -0.2) is 42.7 Å². The number of rotatable bonds is 5. The van der Waals surface area contributed by atoms with Crippen molar-refractivity contribution in [1.29, 1.82) is 0 Å². The highest BCUT2D eigenvalue weighted by Crippen LogP contribution is 2.34. The summed E-state index contributed by atoms with van der Waals surface area (Å²) >= 11 is 1.80. The van der Waals surface area contributed by atoms with E-state index in [1.54, 1.807) is 11.8 Å². The maximum Gasteiger partial charge on any atom is 0.164 e. The first-order valence-electron chi connectivity index (χ1n) is 9.00. The minimum Gasteiger partial charge on any atom is -0.492 e. The Morgan fingerprint density at radius 2 is 2.08 bits per heavy atom. The summed E-state index contributed by atoms with van der Waals surface area (Å²) in [4.78, 5) is 16.1. The monoisotopic (exact) mass is 353 g/mol. The van der Waals surface area contributed by atoms with Crippen LogP contribution in [0.15, 0.2) is 53.4 Å². The molecule has 0 aliphatic carbocycles. The molecule has 2 aromatic rings. The molecule has 0 radical (unpaired) electrons. The van der Waals surface area contributed by atoms with Gasteiger partial charge in [-0.05, 0) is 36.6 Å². The summed E-state index contributed by atoms with van der Waals surface area (Å²) in [5.41, 5.74) is 2.20. The lowest BCUT2D eigenvalue weighted by molar-refractivity contribution is 0.0968. The average molecular weight is 353 g/mol. The number of benzene rings is 2. The van der Waals surface area contributed by atoms with E-state index in [1.807, 2.05) is 18.2 Å². The third-order valence-corrected chi connectivity index (χ3v) is 6.08. The van der Waals surface area contributed by atoms with Crippen LogP contribution in [0.3, 0.4) is 0 Å². The Morgan fingerprint density at radius 3 is 2.96 bits per heavy atom. The Morgan fingerprint density at radius 1 is 1.20 bits per heavy atom. The number of hydrogen-bond donors (Lipinski definition) is 0. The van der Waals surface area contributed by atoms with E-state index in [9.17, 15) is 4.79 Å². The molecule has 2 aliphatic rings. The normalized spacial score (nSPS) is 20.1. The number of ketones is 1. The first-order chi connectivity index (χ1) is 12.3. The second-order valence-electron chi connectivity index (χ2n) is 6.73. The molecule has 130 valence electrons. The van der Waals surface area contributed by atoms with Crippen molar-refractivity contribution in [3.05, 3.63) is 59.7 Å². The Balaban J connectivity index is 1.32. The van der Waals surface area contributed by atoms with Crippen molar-refractivity contribution in [1.82, 2.24) is 4.90 Å². The minimum atomic E-state index is 0.213. The van der Waals surface area contributed by atoms with Crippen molar-refractivity contribution in [3.63, 3.8) is 0 Å². The van der Waals surface area contributed by atoms with Crippen molar-refractivity contribution >= 4 is 17.5 Å². The minimum absolute atomic E-state index is 0.213. The Bertz CT molecular complexity index is 747. The molecule has 25 heavy (non-hydrogen) atoms. The SMILES string of the molecule is O=C(CCN1CCC(c2ccccc2)C1)c1ccc2c(c1)OCCS2. The lowest BCUT2D eigenvalue weighted by Crippen LogP contribution is -2.23. The summed E-state index contributed by atoms with van der Waals surface area (Å²) in [6.45, 7) is 3.71. The summed E-state index contributed by atoms with van der Waals surface area (Å²) in [7, 11) is 0. The Labute approximate surface area is 153 Å². The molecule has 0 N–H and O–H groups in total. The van der Waals surface area contributed by atoms with Gasteiger partial charge in [0.1, 0.15) is 5.75 Å². The number of Topliss-reactive ketones (excluding diaryl/α,β-unsaturated/α-hetero) is 1. The maximum atomic E-state index is 12.5. The predicted octanol–water partition coefficient (Wildman–Crippen LogP) is 4.23. The van der Waals surface area contributed by atoms with Gasteiger partial charge in [-0.1, -0.05) is 36.4 Å². The second kappa shape index (κ2) is 7.63. The smallest absolute Gasteiger partial charge is 0.164 e. The number of fused-ring (bicyclic) bond motifs is 1. The van der Waals surface area contributed by atoms with E-state index < -0.39 is 0 Å². The van der Waals surface area contributed by atoms with Gasteiger partial charge in [0.05, 0.1) is 6.61 Å². The van der Waals surface area contributed by atoms with E-state index in [4.69, 9.17) is 4.74 Å². The molecule has 0 aromatic heterocycles. The first-order valence-corrected chi connectivity index (χ1v) is 9.98. The van der Waals surface area contributed by atoms with Crippen LogP contribution < -0.4 is 4.74 Å². The van der Waals surface area contributed by atoms with Crippen LogP contribution >= 0.6 is 11.8 Å². The van der Waals surface area contributed by atoms with Gasteiger partial charge >= 0.3 is 0 Å². The number of hydrogen-bond acceptors (Lipinski definition) is 4. The third kappa shape index (κ3) is 3.91. The number of carbonyl (C=O) groups is 1. The zero-order valence-corrected chi connectivity index (χ0v) is 15.1. The molecule has 0 spiro atoms. The summed E-state index contributed by atoms with van der Waals surface area (Å²) in [6.07, 6.45) is 1.76. The number of thioether (sulfide) groups is 1. The molecule has 1 saturated heterocycles. The van der Waals surface area contributed by atoms with Crippen molar-refractivity contribution < 1.29 is 9.53 Å². The summed E-state index contributed by atoms with van der Waals surface area (Å²) in [5.74, 6) is 2.67. The molecule has 1 unspecified atom stereocenters. The number of likely N-dealkylation sites (tertiary alicyclic amines) is 1. The highest BCUT2D eigenvalue weighted by molar-refractivity contribution is 7.99. The Hall–Kier alpha value is -1.78. The molecule has 4 heteroatoms. The van der Waals surface area contributed by atoms with Gasteiger partial charge < -0.3 is 9.64 Å². The quantitative estimate of drug-likeness (QED) is 0.752. The zero-order valence-electron chi connectivity index (χ0n) is 14.3. The number of carbonyl (C=O) groups excluding carboxylic acids is 1. The highest BCUT2D eigenvalue weighted by atomic mass is 32.2. The average Bonchev–Trinajstić information content (AvgIpc) is 3.15. The summed E-state index contributed by atoms with van der Waals surface area (Å²) in [6, 6.07) is 16.6. The molecule has 0 saturated carbocycles. The van der Waals surface area contributed by atoms with E-state index >= 15 is 0 Å². The molecule has 0 amide bonds.